The van der Waals surface area contributed by atoms with Crippen LogP contribution in [0.4, 0.5) is 0 Å². The fraction of sp³-hybridized carbons (Fsp3) is 0.111. The first kappa shape index (κ1) is 13.6. The highest BCUT2D eigenvalue weighted by Crippen LogP contribution is 2.34. The number of rotatable bonds is 2. The summed E-state index contributed by atoms with van der Waals surface area (Å²) in [5.41, 5.74) is 6.39. The summed E-state index contributed by atoms with van der Waals surface area (Å²) in [6.45, 7) is 3.55. The third-order valence-electron chi connectivity index (χ3n) is 1.68. The van der Waals surface area contributed by atoms with Crippen LogP contribution in [0.25, 0.3) is 0 Å². The standard InChI is InChI=1S/C9H9Cl2NO.ClH/c1-2-8(12)5-3-6(10)9(13)7(11)4-5;/h2-4,8,13H,1,12H2;1H/t8-;/m1./s1. The maximum absolute atomic E-state index is 9.25. The maximum Gasteiger partial charge on any atom is 0.152 e. The molecule has 0 aliphatic heterocycles. The highest BCUT2D eigenvalue weighted by Gasteiger charge is 2.09. The van der Waals surface area contributed by atoms with Crippen LogP contribution in [-0.4, -0.2) is 5.11 Å². The summed E-state index contributed by atoms with van der Waals surface area (Å²) in [7, 11) is 0. The number of phenolic OH excluding ortho intramolecular Hbond substituents is 1. The van der Waals surface area contributed by atoms with Crippen LogP contribution >= 0.6 is 35.6 Å². The van der Waals surface area contributed by atoms with Gasteiger partial charge in [-0.2, -0.15) is 0 Å². The third kappa shape index (κ3) is 2.79. The van der Waals surface area contributed by atoms with Crippen molar-refractivity contribution < 1.29 is 5.11 Å². The van der Waals surface area contributed by atoms with Crippen molar-refractivity contribution in [2.24, 2.45) is 5.73 Å². The zero-order valence-electron chi connectivity index (χ0n) is 7.21. The first-order valence-electron chi connectivity index (χ1n) is 3.62. The fourth-order valence-corrected chi connectivity index (χ4v) is 1.42. The van der Waals surface area contributed by atoms with Gasteiger partial charge >= 0.3 is 0 Å². The van der Waals surface area contributed by atoms with E-state index in [0.29, 0.717) is 0 Å². The van der Waals surface area contributed by atoms with Gasteiger partial charge in [-0.05, 0) is 17.7 Å². The molecular weight excluding hydrogens is 244 g/mol. The molecule has 2 nitrogen and oxygen atoms in total. The normalized spacial score (nSPS) is 11.6. The van der Waals surface area contributed by atoms with E-state index in [2.05, 4.69) is 6.58 Å². The Labute approximate surface area is 98.7 Å². The van der Waals surface area contributed by atoms with Gasteiger partial charge in [0.2, 0.25) is 0 Å². The van der Waals surface area contributed by atoms with Crippen molar-refractivity contribution in [2.75, 3.05) is 0 Å². The van der Waals surface area contributed by atoms with E-state index in [9.17, 15) is 5.11 Å². The molecule has 78 valence electrons. The van der Waals surface area contributed by atoms with Gasteiger partial charge in [0, 0.05) is 6.04 Å². The second-order valence-corrected chi connectivity index (χ2v) is 3.41. The van der Waals surface area contributed by atoms with Crippen molar-refractivity contribution in [3.05, 3.63) is 40.4 Å². The van der Waals surface area contributed by atoms with Gasteiger partial charge in [-0.1, -0.05) is 29.3 Å². The van der Waals surface area contributed by atoms with Gasteiger partial charge in [-0.3, -0.25) is 0 Å². The Morgan fingerprint density at radius 3 is 2.14 bits per heavy atom. The van der Waals surface area contributed by atoms with Gasteiger partial charge < -0.3 is 10.8 Å². The molecule has 0 bridgehead atoms. The molecule has 0 aromatic heterocycles. The Kier molecular flexibility index (Phi) is 5.31. The summed E-state index contributed by atoms with van der Waals surface area (Å²) < 4.78 is 0. The summed E-state index contributed by atoms with van der Waals surface area (Å²) in [6.07, 6.45) is 1.57. The Hall–Kier alpha value is -0.410. The van der Waals surface area contributed by atoms with Crippen molar-refractivity contribution in [3.8, 4) is 5.75 Å². The molecular formula is C9H10Cl3NO. The summed E-state index contributed by atoms with van der Waals surface area (Å²) in [5.74, 6) is -0.122. The Morgan fingerprint density at radius 1 is 1.36 bits per heavy atom. The molecule has 1 aromatic carbocycles. The van der Waals surface area contributed by atoms with E-state index in [1.54, 1.807) is 18.2 Å². The molecule has 0 spiro atoms. The lowest BCUT2D eigenvalue weighted by Gasteiger charge is -2.08. The number of hydrogen-bond donors (Lipinski definition) is 2. The lowest BCUT2D eigenvalue weighted by molar-refractivity contribution is 0.475. The lowest BCUT2D eigenvalue weighted by atomic mass is 10.1. The van der Waals surface area contributed by atoms with Crippen LogP contribution in [0.3, 0.4) is 0 Å². The highest BCUT2D eigenvalue weighted by atomic mass is 35.5. The SMILES string of the molecule is C=C[C@@H](N)c1cc(Cl)c(O)c(Cl)c1.Cl. The Morgan fingerprint density at radius 2 is 1.79 bits per heavy atom. The molecule has 0 unspecified atom stereocenters. The summed E-state index contributed by atoms with van der Waals surface area (Å²) in [6, 6.07) is 2.81. The van der Waals surface area contributed by atoms with Gasteiger partial charge in [0.25, 0.3) is 0 Å². The van der Waals surface area contributed by atoms with Crippen LogP contribution in [-0.2, 0) is 0 Å². The number of halogens is 3. The van der Waals surface area contributed by atoms with E-state index < -0.39 is 0 Å². The monoisotopic (exact) mass is 253 g/mol. The van der Waals surface area contributed by atoms with Gasteiger partial charge in [0.15, 0.2) is 5.75 Å². The van der Waals surface area contributed by atoms with Crippen molar-refractivity contribution in [1.82, 2.24) is 0 Å². The zero-order chi connectivity index (χ0) is 10.0. The lowest BCUT2D eigenvalue weighted by Crippen LogP contribution is -2.06. The summed E-state index contributed by atoms with van der Waals surface area (Å²) >= 11 is 11.4. The average Bonchev–Trinajstić information content (AvgIpc) is 2.12. The molecule has 0 amide bonds. The molecule has 1 atom stereocenters. The van der Waals surface area contributed by atoms with Crippen molar-refractivity contribution in [2.45, 2.75) is 6.04 Å². The van der Waals surface area contributed by atoms with Crippen LogP contribution in [0.15, 0.2) is 24.8 Å². The van der Waals surface area contributed by atoms with E-state index in [1.165, 1.54) is 0 Å². The van der Waals surface area contributed by atoms with Crippen LogP contribution in [0.5, 0.6) is 5.75 Å². The predicted molar refractivity (Wildman–Crippen MR) is 62.5 cm³/mol. The molecule has 1 rings (SSSR count). The van der Waals surface area contributed by atoms with E-state index in [-0.39, 0.29) is 34.2 Å². The predicted octanol–water partition coefficient (Wildman–Crippen LogP) is 3.31. The fourth-order valence-electron chi connectivity index (χ4n) is 0.914. The molecule has 1 aromatic rings. The Bertz CT molecular complexity index is 318. The minimum atomic E-state index is -0.324. The average molecular weight is 255 g/mol. The third-order valence-corrected chi connectivity index (χ3v) is 2.25. The minimum Gasteiger partial charge on any atom is -0.505 e. The highest BCUT2D eigenvalue weighted by molar-refractivity contribution is 6.37. The Balaban J connectivity index is 0.00000169. The van der Waals surface area contributed by atoms with Crippen molar-refractivity contribution >= 4 is 35.6 Å². The van der Waals surface area contributed by atoms with Crippen molar-refractivity contribution in [3.63, 3.8) is 0 Å². The number of phenols is 1. The van der Waals surface area contributed by atoms with E-state index in [1.807, 2.05) is 0 Å². The first-order chi connectivity index (χ1) is 6.06. The molecule has 0 heterocycles. The number of nitrogens with two attached hydrogens (primary N) is 1. The largest absolute Gasteiger partial charge is 0.505 e. The molecule has 3 N–H and O–H groups in total. The van der Waals surface area contributed by atoms with Crippen LogP contribution in [0, 0.1) is 0 Å². The second-order valence-electron chi connectivity index (χ2n) is 2.59. The second kappa shape index (κ2) is 5.47. The van der Waals surface area contributed by atoms with Crippen LogP contribution < -0.4 is 5.73 Å². The first-order valence-corrected chi connectivity index (χ1v) is 4.38. The van der Waals surface area contributed by atoms with E-state index >= 15 is 0 Å². The zero-order valence-corrected chi connectivity index (χ0v) is 9.53. The minimum absolute atomic E-state index is 0. The molecule has 14 heavy (non-hydrogen) atoms. The van der Waals surface area contributed by atoms with Crippen LogP contribution in [0.1, 0.15) is 11.6 Å². The molecule has 0 saturated heterocycles. The molecule has 5 heteroatoms. The topological polar surface area (TPSA) is 46.2 Å². The number of hydrogen-bond acceptors (Lipinski definition) is 2. The van der Waals surface area contributed by atoms with E-state index in [0.717, 1.165) is 5.56 Å². The van der Waals surface area contributed by atoms with Crippen LogP contribution in [0.2, 0.25) is 10.0 Å². The molecule has 0 radical (unpaired) electrons. The van der Waals surface area contributed by atoms with E-state index in [4.69, 9.17) is 28.9 Å². The van der Waals surface area contributed by atoms with Gasteiger partial charge in [0.05, 0.1) is 10.0 Å². The summed E-state index contributed by atoms with van der Waals surface area (Å²) in [5, 5.41) is 9.64. The maximum atomic E-state index is 9.25. The smallest absolute Gasteiger partial charge is 0.152 e. The van der Waals surface area contributed by atoms with Gasteiger partial charge in [0.1, 0.15) is 0 Å². The number of aromatic hydroxyl groups is 1. The molecule has 0 aliphatic carbocycles. The quantitative estimate of drug-likeness (QED) is 0.796. The van der Waals surface area contributed by atoms with Gasteiger partial charge in [-0.15, -0.1) is 19.0 Å². The summed E-state index contributed by atoms with van der Waals surface area (Å²) in [4.78, 5) is 0. The van der Waals surface area contributed by atoms with Gasteiger partial charge in [-0.25, -0.2) is 0 Å². The molecule has 0 saturated carbocycles. The molecule has 0 fully saturated rings. The number of benzene rings is 1. The van der Waals surface area contributed by atoms with Crippen molar-refractivity contribution in [1.29, 1.82) is 0 Å². The molecule has 0 aliphatic rings.